The highest BCUT2D eigenvalue weighted by Crippen LogP contribution is 2.65. The Morgan fingerprint density at radius 3 is 2.41 bits per heavy atom. The molecule has 0 aromatic carbocycles. The Morgan fingerprint density at radius 1 is 0.931 bits per heavy atom. The predicted octanol–water partition coefficient (Wildman–Crippen LogP) is 7.78. The minimum atomic E-state index is -0.0268. The molecule has 0 spiro atoms. The van der Waals surface area contributed by atoms with Crippen molar-refractivity contribution < 1.29 is 5.11 Å². The summed E-state index contributed by atoms with van der Waals surface area (Å²) in [4.78, 5) is 0. The van der Waals surface area contributed by atoms with Crippen LogP contribution in [0.3, 0.4) is 0 Å². The topological polar surface area (TPSA) is 20.2 Å². The maximum Gasteiger partial charge on any atom is 0.0543 e. The maximum atomic E-state index is 10.3. The second kappa shape index (κ2) is 7.99. The maximum absolute atomic E-state index is 10.3. The van der Waals surface area contributed by atoms with Gasteiger partial charge in [0.05, 0.1) is 6.10 Å². The normalized spacial score (nSPS) is 44.3. The highest BCUT2D eigenvalue weighted by Gasteiger charge is 2.55. The molecule has 3 saturated carbocycles. The van der Waals surface area contributed by atoms with E-state index in [0.29, 0.717) is 10.8 Å². The van der Waals surface area contributed by atoms with Crippen molar-refractivity contribution in [2.75, 3.05) is 0 Å². The van der Waals surface area contributed by atoms with Crippen molar-refractivity contribution in [1.82, 2.24) is 0 Å². The van der Waals surface area contributed by atoms with Crippen LogP contribution >= 0.6 is 0 Å². The van der Waals surface area contributed by atoms with Crippen molar-refractivity contribution in [2.45, 2.75) is 118 Å². The Balaban J connectivity index is 1.53. The zero-order valence-corrected chi connectivity index (χ0v) is 20.3. The standard InChI is InChI=1S/C28H48O/c1-18(2)19(3)7-8-20(4)24-11-12-25-23-10-9-21-17-22(29)13-15-27(21,5)26(23)14-16-28(24,25)6/h18-22,24,26,29H,7-17H2,1-6H3/t19-,20+,21-,22+,24-,26+,27-,28+/m0/s1. The molecule has 1 heteroatoms. The van der Waals surface area contributed by atoms with Crippen molar-refractivity contribution in [3.8, 4) is 0 Å². The molecule has 0 heterocycles. The van der Waals surface area contributed by atoms with Gasteiger partial charge in [-0.1, -0.05) is 65.5 Å². The Hall–Kier alpha value is -0.300. The molecule has 0 aromatic heterocycles. The van der Waals surface area contributed by atoms with Gasteiger partial charge in [-0.3, -0.25) is 0 Å². The van der Waals surface area contributed by atoms with Crippen molar-refractivity contribution in [3.63, 3.8) is 0 Å². The summed E-state index contributed by atoms with van der Waals surface area (Å²) < 4.78 is 0. The lowest BCUT2D eigenvalue weighted by molar-refractivity contribution is -0.0381. The van der Waals surface area contributed by atoms with Gasteiger partial charge in [0.15, 0.2) is 0 Å². The Morgan fingerprint density at radius 2 is 1.69 bits per heavy atom. The fourth-order valence-corrected chi connectivity index (χ4v) is 8.48. The van der Waals surface area contributed by atoms with Crippen LogP contribution in [0.1, 0.15) is 112 Å². The molecule has 29 heavy (non-hydrogen) atoms. The highest BCUT2D eigenvalue weighted by molar-refractivity contribution is 5.34. The van der Waals surface area contributed by atoms with Crippen LogP contribution in [-0.2, 0) is 0 Å². The van der Waals surface area contributed by atoms with Crippen molar-refractivity contribution in [2.24, 2.45) is 46.3 Å². The summed E-state index contributed by atoms with van der Waals surface area (Å²) in [6, 6.07) is 0. The van der Waals surface area contributed by atoms with Gasteiger partial charge in [-0.25, -0.2) is 0 Å². The first kappa shape index (κ1) is 21.9. The molecule has 1 nitrogen and oxygen atoms in total. The lowest BCUT2D eigenvalue weighted by Crippen LogP contribution is -2.48. The zero-order valence-electron chi connectivity index (χ0n) is 20.3. The molecule has 0 radical (unpaired) electrons. The van der Waals surface area contributed by atoms with Crippen LogP contribution in [0, 0.1) is 46.3 Å². The molecule has 4 aliphatic rings. The van der Waals surface area contributed by atoms with Crippen molar-refractivity contribution in [3.05, 3.63) is 11.1 Å². The summed E-state index contributed by atoms with van der Waals surface area (Å²) in [5.41, 5.74) is 4.80. The third-order valence-corrected chi connectivity index (χ3v) is 10.9. The minimum Gasteiger partial charge on any atom is -0.393 e. The SMILES string of the molecule is CC(C)[C@@H](C)CC[C@@H](C)[C@@H]1CCC2=C3CC[C@H]4C[C@H](O)CC[C@]4(C)[C@@H]3CC[C@@]21C. The Kier molecular flexibility index (Phi) is 6.04. The molecule has 8 atom stereocenters. The summed E-state index contributed by atoms with van der Waals surface area (Å²) in [5, 5.41) is 10.3. The van der Waals surface area contributed by atoms with Crippen molar-refractivity contribution in [1.29, 1.82) is 0 Å². The van der Waals surface area contributed by atoms with Crippen LogP contribution in [0.2, 0.25) is 0 Å². The number of fused-ring (bicyclic) bond motifs is 4. The van der Waals surface area contributed by atoms with E-state index in [-0.39, 0.29) is 6.10 Å². The van der Waals surface area contributed by atoms with Crippen LogP contribution < -0.4 is 0 Å². The van der Waals surface area contributed by atoms with Gasteiger partial charge in [-0.2, -0.15) is 0 Å². The smallest absolute Gasteiger partial charge is 0.0543 e. The van der Waals surface area contributed by atoms with Crippen LogP contribution in [0.5, 0.6) is 0 Å². The molecular formula is C28H48O. The van der Waals surface area contributed by atoms with Gasteiger partial charge in [-0.05, 0) is 104 Å². The highest BCUT2D eigenvalue weighted by atomic mass is 16.3. The van der Waals surface area contributed by atoms with Gasteiger partial charge in [-0.15, -0.1) is 0 Å². The largest absolute Gasteiger partial charge is 0.393 e. The Labute approximate surface area is 181 Å². The minimum absolute atomic E-state index is 0.0268. The quantitative estimate of drug-likeness (QED) is 0.467. The van der Waals surface area contributed by atoms with Crippen LogP contribution in [-0.4, -0.2) is 11.2 Å². The van der Waals surface area contributed by atoms with E-state index in [9.17, 15) is 5.11 Å². The number of aliphatic hydroxyl groups is 1. The van der Waals surface area contributed by atoms with Gasteiger partial charge in [0.2, 0.25) is 0 Å². The first-order valence-corrected chi connectivity index (χ1v) is 13.1. The molecule has 0 aliphatic heterocycles. The average Bonchev–Trinajstić information content (AvgIpc) is 3.03. The van der Waals surface area contributed by atoms with E-state index >= 15 is 0 Å². The summed E-state index contributed by atoms with van der Waals surface area (Å²) in [5.74, 6) is 5.04. The number of allylic oxidation sites excluding steroid dienone is 2. The first-order valence-electron chi connectivity index (χ1n) is 13.1. The molecule has 4 aliphatic carbocycles. The van der Waals surface area contributed by atoms with Gasteiger partial charge < -0.3 is 5.11 Å². The molecule has 0 aromatic rings. The second-order valence-corrected chi connectivity index (χ2v) is 12.6. The molecule has 4 rings (SSSR count). The molecular weight excluding hydrogens is 352 g/mol. The van der Waals surface area contributed by atoms with E-state index in [2.05, 4.69) is 41.5 Å². The van der Waals surface area contributed by atoms with Gasteiger partial charge in [0, 0.05) is 0 Å². The zero-order chi connectivity index (χ0) is 21.0. The molecule has 0 saturated heterocycles. The van der Waals surface area contributed by atoms with E-state index in [1.807, 2.05) is 11.1 Å². The van der Waals surface area contributed by atoms with Gasteiger partial charge in [0.25, 0.3) is 0 Å². The fourth-order valence-electron chi connectivity index (χ4n) is 8.48. The number of hydrogen-bond acceptors (Lipinski definition) is 1. The second-order valence-electron chi connectivity index (χ2n) is 12.6. The van der Waals surface area contributed by atoms with Crippen molar-refractivity contribution >= 4 is 0 Å². The van der Waals surface area contributed by atoms with E-state index in [4.69, 9.17) is 0 Å². The number of rotatable bonds is 5. The molecule has 0 amide bonds. The summed E-state index contributed by atoms with van der Waals surface area (Å²) >= 11 is 0. The molecule has 3 fully saturated rings. The summed E-state index contributed by atoms with van der Waals surface area (Å²) in [7, 11) is 0. The molecule has 166 valence electrons. The third-order valence-electron chi connectivity index (χ3n) is 10.9. The van der Waals surface area contributed by atoms with Gasteiger partial charge >= 0.3 is 0 Å². The van der Waals surface area contributed by atoms with Crippen LogP contribution in [0.25, 0.3) is 0 Å². The van der Waals surface area contributed by atoms with Crippen LogP contribution in [0.4, 0.5) is 0 Å². The predicted molar refractivity (Wildman–Crippen MR) is 124 cm³/mol. The van der Waals surface area contributed by atoms with E-state index in [1.165, 1.54) is 57.8 Å². The summed E-state index contributed by atoms with van der Waals surface area (Å²) in [6.45, 7) is 15.0. The van der Waals surface area contributed by atoms with E-state index in [0.717, 1.165) is 48.3 Å². The summed E-state index contributed by atoms with van der Waals surface area (Å²) in [6.07, 6.45) is 14.5. The van der Waals surface area contributed by atoms with Crippen LogP contribution in [0.15, 0.2) is 11.1 Å². The van der Waals surface area contributed by atoms with Gasteiger partial charge in [0.1, 0.15) is 0 Å². The monoisotopic (exact) mass is 400 g/mol. The van der Waals surface area contributed by atoms with E-state index in [1.54, 1.807) is 0 Å². The lowest BCUT2D eigenvalue weighted by atomic mass is 9.49. The fraction of sp³-hybridized carbons (Fsp3) is 0.929. The molecule has 0 bridgehead atoms. The third kappa shape index (κ3) is 3.66. The Bertz CT molecular complexity index is 632. The lowest BCUT2D eigenvalue weighted by Gasteiger charge is -2.56. The van der Waals surface area contributed by atoms with E-state index < -0.39 is 0 Å². The first-order chi connectivity index (χ1) is 13.7. The molecule has 0 unspecified atom stereocenters. The average molecular weight is 401 g/mol. The molecule has 1 N–H and O–H groups in total. The number of hydrogen-bond donors (Lipinski definition) is 1. The number of aliphatic hydroxyl groups excluding tert-OH is 1.